The highest BCUT2D eigenvalue weighted by Crippen LogP contribution is 2.21. The fourth-order valence-corrected chi connectivity index (χ4v) is 3.24. The average Bonchev–Trinajstić information content (AvgIpc) is 3.28. The van der Waals surface area contributed by atoms with Gasteiger partial charge in [-0.15, -0.1) is 5.10 Å². The first-order valence-electron chi connectivity index (χ1n) is 9.56. The lowest BCUT2D eigenvalue weighted by atomic mass is 10.2. The molecule has 8 nitrogen and oxygen atoms in total. The Kier molecular flexibility index (Phi) is 4.57. The molecule has 0 aliphatic carbocycles. The molecule has 0 bridgehead atoms. The maximum atomic E-state index is 12.9. The lowest BCUT2D eigenvalue weighted by Crippen LogP contribution is -2.33. The van der Waals surface area contributed by atoms with E-state index in [1.165, 1.54) is 6.33 Å². The van der Waals surface area contributed by atoms with E-state index >= 15 is 0 Å². The molecule has 2 heterocycles. The number of para-hydroxylation sites is 2. The SMILES string of the molecule is O=C(Nn1cnc2ccccc2c1=O)c1nc(-c2ccccc2)n(-c2ccccc2)n1. The minimum absolute atomic E-state index is 0.0669. The maximum absolute atomic E-state index is 12.9. The van der Waals surface area contributed by atoms with E-state index in [1.54, 1.807) is 28.9 Å². The van der Waals surface area contributed by atoms with Gasteiger partial charge >= 0.3 is 5.91 Å². The molecule has 0 fully saturated rings. The van der Waals surface area contributed by atoms with E-state index in [1.807, 2.05) is 60.7 Å². The molecular formula is C23H16N6O2. The molecule has 0 saturated heterocycles. The minimum atomic E-state index is -0.619. The molecular weight excluding hydrogens is 392 g/mol. The Hall–Kier alpha value is -4.59. The normalized spacial score (nSPS) is 10.8. The number of amides is 1. The monoisotopic (exact) mass is 408 g/mol. The van der Waals surface area contributed by atoms with Crippen LogP contribution in [0.15, 0.2) is 96.1 Å². The Bertz CT molecular complexity index is 1380. The van der Waals surface area contributed by atoms with Gasteiger partial charge < -0.3 is 0 Å². The molecule has 5 rings (SSSR count). The van der Waals surface area contributed by atoms with E-state index in [0.29, 0.717) is 16.7 Å². The molecule has 3 aromatic carbocycles. The summed E-state index contributed by atoms with van der Waals surface area (Å²) in [5, 5.41) is 4.80. The Balaban J connectivity index is 1.55. The lowest BCUT2D eigenvalue weighted by molar-refractivity contribution is 0.0997. The number of nitrogens with zero attached hydrogens (tertiary/aromatic N) is 5. The van der Waals surface area contributed by atoms with Gasteiger partial charge in [-0.3, -0.25) is 15.0 Å². The maximum Gasteiger partial charge on any atom is 0.309 e. The molecule has 1 amide bonds. The number of nitrogens with one attached hydrogen (secondary N) is 1. The summed E-state index contributed by atoms with van der Waals surface area (Å²) in [6.07, 6.45) is 1.27. The van der Waals surface area contributed by atoms with Gasteiger partial charge in [-0.1, -0.05) is 60.7 Å². The van der Waals surface area contributed by atoms with E-state index in [2.05, 4.69) is 20.5 Å². The fraction of sp³-hybridized carbons (Fsp3) is 0. The zero-order chi connectivity index (χ0) is 21.2. The molecule has 0 radical (unpaired) electrons. The van der Waals surface area contributed by atoms with Crippen LogP contribution in [-0.4, -0.2) is 30.3 Å². The van der Waals surface area contributed by atoms with Gasteiger partial charge in [0.1, 0.15) is 6.33 Å². The number of benzene rings is 3. The van der Waals surface area contributed by atoms with Crippen LogP contribution in [0.2, 0.25) is 0 Å². The molecule has 0 aliphatic heterocycles. The molecule has 31 heavy (non-hydrogen) atoms. The molecule has 0 aliphatic rings. The van der Waals surface area contributed by atoms with Crippen LogP contribution in [0.3, 0.4) is 0 Å². The van der Waals surface area contributed by atoms with Crippen molar-refractivity contribution < 1.29 is 4.79 Å². The van der Waals surface area contributed by atoms with Crippen LogP contribution in [0.25, 0.3) is 28.0 Å². The van der Waals surface area contributed by atoms with Crippen molar-refractivity contribution >= 4 is 16.8 Å². The van der Waals surface area contributed by atoms with Crippen molar-refractivity contribution in [1.29, 1.82) is 0 Å². The summed E-state index contributed by atoms with van der Waals surface area (Å²) >= 11 is 0. The van der Waals surface area contributed by atoms with Crippen molar-refractivity contribution in [3.8, 4) is 17.1 Å². The summed E-state index contributed by atoms with van der Waals surface area (Å²) < 4.78 is 2.64. The number of carbonyl (C=O) groups excluding carboxylic acids is 1. The van der Waals surface area contributed by atoms with Crippen LogP contribution in [0.1, 0.15) is 10.6 Å². The van der Waals surface area contributed by atoms with Gasteiger partial charge in [-0.25, -0.2) is 19.3 Å². The van der Waals surface area contributed by atoms with E-state index in [0.717, 1.165) is 15.9 Å². The average molecular weight is 408 g/mol. The first-order chi connectivity index (χ1) is 15.2. The summed E-state index contributed by atoms with van der Waals surface area (Å²) in [5.41, 5.74) is 4.26. The van der Waals surface area contributed by atoms with Gasteiger partial charge in [0.2, 0.25) is 5.82 Å². The third kappa shape index (κ3) is 3.46. The van der Waals surface area contributed by atoms with Crippen LogP contribution in [0.5, 0.6) is 0 Å². The molecule has 0 atom stereocenters. The van der Waals surface area contributed by atoms with E-state index in [4.69, 9.17) is 0 Å². The van der Waals surface area contributed by atoms with Crippen LogP contribution < -0.4 is 11.0 Å². The van der Waals surface area contributed by atoms with Crippen molar-refractivity contribution in [3.05, 3.63) is 107 Å². The van der Waals surface area contributed by atoms with Crippen LogP contribution in [0.4, 0.5) is 0 Å². The molecule has 5 aromatic rings. The van der Waals surface area contributed by atoms with Gasteiger partial charge in [0, 0.05) is 5.56 Å². The topological polar surface area (TPSA) is 94.7 Å². The van der Waals surface area contributed by atoms with Crippen molar-refractivity contribution in [2.75, 3.05) is 5.43 Å². The molecule has 150 valence electrons. The smallest absolute Gasteiger partial charge is 0.267 e. The first-order valence-corrected chi connectivity index (χ1v) is 9.56. The Labute approximate surface area is 176 Å². The standard InChI is InChI=1S/C23H16N6O2/c30-22(27-28-15-24-19-14-8-7-13-18(19)23(28)31)20-25-21(16-9-3-1-4-10-16)29(26-20)17-11-5-2-6-12-17/h1-15H,(H,27,30). The van der Waals surface area contributed by atoms with E-state index < -0.39 is 5.91 Å². The Morgan fingerprint density at radius 3 is 2.29 bits per heavy atom. The number of hydrogen-bond acceptors (Lipinski definition) is 5. The first kappa shape index (κ1) is 18.4. The van der Waals surface area contributed by atoms with Crippen molar-refractivity contribution in [2.45, 2.75) is 0 Å². The second-order valence-corrected chi connectivity index (χ2v) is 6.75. The minimum Gasteiger partial charge on any atom is -0.267 e. The largest absolute Gasteiger partial charge is 0.309 e. The number of hydrogen-bond donors (Lipinski definition) is 1. The number of carbonyl (C=O) groups is 1. The summed E-state index contributed by atoms with van der Waals surface area (Å²) in [7, 11) is 0. The predicted molar refractivity (Wildman–Crippen MR) is 116 cm³/mol. The number of aromatic nitrogens is 5. The highest BCUT2D eigenvalue weighted by Gasteiger charge is 2.19. The Morgan fingerprint density at radius 1 is 0.839 bits per heavy atom. The Morgan fingerprint density at radius 2 is 1.52 bits per heavy atom. The number of fused-ring (bicyclic) bond motifs is 1. The van der Waals surface area contributed by atoms with Crippen LogP contribution in [-0.2, 0) is 0 Å². The molecule has 2 aromatic heterocycles. The van der Waals surface area contributed by atoms with Gasteiger partial charge in [-0.2, -0.15) is 0 Å². The van der Waals surface area contributed by atoms with Gasteiger partial charge in [0.15, 0.2) is 5.82 Å². The molecule has 1 N–H and O–H groups in total. The zero-order valence-electron chi connectivity index (χ0n) is 16.2. The third-order valence-electron chi connectivity index (χ3n) is 4.73. The van der Waals surface area contributed by atoms with Crippen LogP contribution >= 0.6 is 0 Å². The molecule has 0 saturated carbocycles. The zero-order valence-corrected chi connectivity index (χ0v) is 16.2. The quantitative estimate of drug-likeness (QED) is 0.493. The summed E-state index contributed by atoms with van der Waals surface area (Å²) in [6.45, 7) is 0. The van der Waals surface area contributed by atoms with Crippen molar-refractivity contribution in [3.63, 3.8) is 0 Å². The van der Waals surface area contributed by atoms with Gasteiger partial charge in [0.05, 0.1) is 16.6 Å². The highest BCUT2D eigenvalue weighted by atomic mass is 16.2. The van der Waals surface area contributed by atoms with E-state index in [9.17, 15) is 9.59 Å². The lowest BCUT2D eigenvalue weighted by Gasteiger charge is -2.06. The number of rotatable bonds is 4. The van der Waals surface area contributed by atoms with Crippen LogP contribution in [0, 0.1) is 0 Å². The second-order valence-electron chi connectivity index (χ2n) is 6.75. The predicted octanol–water partition coefficient (Wildman–Crippen LogP) is 3.03. The second kappa shape index (κ2) is 7.68. The van der Waals surface area contributed by atoms with E-state index in [-0.39, 0.29) is 11.4 Å². The molecule has 0 unspecified atom stereocenters. The van der Waals surface area contributed by atoms with Gasteiger partial charge in [-0.05, 0) is 24.3 Å². The summed E-state index contributed by atoms with van der Waals surface area (Å²) in [4.78, 5) is 34.2. The summed E-state index contributed by atoms with van der Waals surface area (Å²) in [5.74, 6) is -0.172. The van der Waals surface area contributed by atoms with Gasteiger partial charge in [0.25, 0.3) is 5.56 Å². The molecule has 0 spiro atoms. The van der Waals surface area contributed by atoms with Crippen molar-refractivity contribution in [1.82, 2.24) is 24.4 Å². The molecule has 8 heteroatoms. The third-order valence-corrected chi connectivity index (χ3v) is 4.73. The summed E-state index contributed by atoms with van der Waals surface area (Å²) in [6, 6.07) is 25.8. The highest BCUT2D eigenvalue weighted by molar-refractivity contribution is 5.97. The van der Waals surface area contributed by atoms with Crippen molar-refractivity contribution in [2.24, 2.45) is 0 Å². The fourth-order valence-electron chi connectivity index (χ4n) is 3.24.